The van der Waals surface area contributed by atoms with E-state index in [1.165, 1.54) is 89.0 Å². The van der Waals surface area contributed by atoms with E-state index in [1.54, 1.807) is 27.7 Å². The van der Waals surface area contributed by atoms with Crippen molar-refractivity contribution < 1.29 is 76.6 Å². The molecule has 9 aromatic rings. The van der Waals surface area contributed by atoms with Gasteiger partial charge in [-0.2, -0.15) is 13.2 Å². The van der Waals surface area contributed by atoms with Crippen molar-refractivity contribution in [2.75, 3.05) is 0 Å². The van der Waals surface area contributed by atoms with Crippen molar-refractivity contribution in [3.63, 3.8) is 0 Å². The van der Waals surface area contributed by atoms with Crippen molar-refractivity contribution in [2.24, 2.45) is 0 Å². The van der Waals surface area contributed by atoms with Crippen LogP contribution in [0.3, 0.4) is 0 Å². The first-order valence-corrected chi connectivity index (χ1v) is 27.1. The van der Waals surface area contributed by atoms with Gasteiger partial charge in [0.05, 0.1) is 5.69 Å². The molecular formula is C67H71F3Ir2N3O5S-3. The van der Waals surface area contributed by atoms with Crippen LogP contribution in [0, 0.1) is 74.4 Å². The number of hydrogen-bond acceptors (Lipinski definition) is 8. The van der Waals surface area contributed by atoms with Gasteiger partial charge in [-0.3, -0.25) is 4.98 Å². The van der Waals surface area contributed by atoms with Crippen LogP contribution in [-0.4, -0.2) is 55.9 Å². The molecule has 81 heavy (non-hydrogen) atoms. The fourth-order valence-electron chi connectivity index (χ4n) is 7.73. The molecule has 3 aromatic heterocycles. The predicted molar refractivity (Wildman–Crippen MR) is 316 cm³/mol. The van der Waals surface area contributed by atoms with Crippen LogP contribution in [0.1, 0.15) is 77.8 Å². The van der Waals surface area contributed by atoms with Crippen LogP contribution >= 0.6 is 0 Å². The fourth-order valence-corrected chi connectivity index (χ4v) is 7.73. The van der Waals surface area contributed by atoms with E-state index in [-0.39, 0.29) is 52.4 Å². The Kier molecular flexibility index (Phi) is 29.3. The summed E-state index contributed by atoms with van der Waals surface area (Å²) in [6.45, 7) is 25.9. The summed E-state index contributed by atoms with van der Waals surface area (Å²) >= 11 is 0. The Morgan fingerprint density at radius 1 is 0.432 bits per heavy atom. The zero-order valence-electron chi connectivity index (χ0n) is 48.0. The first-order chi connectivity index (χ1) is 37.1. The van der Waals surface area contributed by atoms with Gasteiger partial charge in [-0.15, -0.1) is 70.8 Å². The fraction of sp³-hybridized carbons (Fsp3) is 0.239. The summed E-state index contributed by atoms with van der Waals surface area (Å²) in [6.07, 6.45) is 5.59. The zero-order valence-corrected chi connectivity index (χ0v) is 53.6. The number of aliphatic hydroxyl groups is 2. The van der Waals surface area contributed by atoms with Gasteiger partial charge >= 0.3 is 5.51 Å². The van der Waals surface area contributed by atoms with E-state index in [0.29, 0.717) is 0 Å². The van der Waals surface area contributed by atoms with Gasteiger partial charge in [0, 0.05) is 93.3 Å². The maximum atomic E-state index is 10.7. The average Bonchev–Trinajstić information content (AvgIpc) is 3.37. The molecule has 0 atom stereocenters. The molecule has 0 fully saturated rings. The van der Waals surface area contributed by atoms with Gasteiger partial charge in [-0.05, 0) is 133 Å². The monoisotopic (exact) mass is 1470 g/mol. The summed E-state index contributed by atoms with van der Waals surface area (Å²) in [5.74, 6) is 0. The van der Waals surface area contributed by atoms with Gasteiger partial charge in [0.25, 0.3) is 0 Å². The Bertz CT molecular complexity index is 3200. The normalized spacial score (nSPS) is 10.5. The van der Waals surface area contributed by atoms with Crippen molar-refractivity contribution in [1.29, 1.82) is 0 Å². The van der Waals surface area contributed by atoms with E-state index >= 15 is 0 Å². The number of aromatic nitrogens is 3. The minimum atomic E-state index is -6.09. The summed E-state index contributed by atoms with van der Waals surface area (Å²) < 4.78 is 58.9. The van der Waals surface area contributed by atoms with Crippen LogP contribution in [-0.2, 0) is 50.3 Å². The Morgan fingerprint density at radius 2 is 0.679 bits per heavy atom. The SMILES string of the molecule is CC(C)O.CC(C)O.Cc1cc[c-]c(-c2cc(C)c(-c3cccc(C)c3)cn2)c1.Cc1cc[c-]c(-c2cc(C)c(-c3cccc(C)c3)cn2)c1.Cc1cccc(-c2cc(C)c(-c3cccc(C)c3)cn2)c1.O=S(=O)([O-])C(F)(F)F.[Ir].[Ir]. The first-order valence-electron chi connectivity index (χ1n) is 25.7. The number of hydrogen-bond donors (Lipinski definition) is 2. The second kappa shape index (κ2) is 33.6. The van der Waals surface area contributed by atoms with E-state index in [2.05, 4.69) is 229 Å². The van der Waals surface area contributed by atoms with Crippen molar-refractivity contribution in [3.05, 3.63) is 232 Å². The summed E-state index contributed by atoms with van der Waals surface area (Å²) in [6, 6.07) is 59.3. The van der Waals surface area contributed by atoms with Crippen LogP contribution < -0.4 is 0 Å². The molecule has 432 valence electrons. The third-order valence-corrected chi connectivity index (χ3v) is 11.9. The van der Waals surface area contributed by atoms with Crippen molar-refractivity contribution in [2.45, 2.75) is 108 Å². The molecule has 14 heteroatoms. The summed E-state index contributed by atoms with van der Waals surface area (Å²) in [5.41, 5.74) is 19.1. The molecule has 0 spiro atoms. The molecule has 0 aliphatic carbocycles. The van der Waals surface area contributed by atoms with Gasteiger partial charge in [-0.1, -0.05) is 139 Å². The molecule has 0 aliphatic rings. The minimum absolute atomic E-state index is 0. The molecule has 0 saturated carbocycles. The molecule has 0 unspecified atom stereocenters. The van der Waals surface area contributed by atoms with Gasteiger partial charge in [0.1, 0.15) is 0 Å². The Balaban J connectivity index is 0.000000362. The Hall–Kier alpha value is -6.31. The van der Waals surface area contributed by atoms with Crippen LogP contribution in [0.4, 0.5) is 13.2 Å². The van der Waals surface area contributed by atoms with Crippen molar-refractivity contribution in [3.8, 4) is 67.2 Å². The van der Waals surface area contributed by atoms with Crippen LogP contribution in [0.5, 0.6) is 0 Å². The molecule has 2 radical (unpaired) electrons. The molecule has 0 amide bonds. The summed E-state index contributed by atoms with van der Waals surface area (Å²) in [5, 5.41) is 16.1. The molecule has 6 aromatic carbocycles. The number of aliphatic hydroxyl groups excluding tert-OH is 2. The van der Waals surface area contributed by atoms with E-state index in [9.17, 15) is 13.2 Å². The molecule has 0 saturated heterocycles. The van der Waals surface area contributed by atoms with E-state index in [4.69, 9.17) is 23.2 Å². The summed E-state index contributed by atoms with van der Waals surface area (Å²) in [7, 11) is -6.09. The van der Waals surface area contributed by atoms with Gasteiger partial charge in [0.2, 0.25) is 0 Å². The van der Waals surface area contributed by atoms with Crippen LogP contribution in [0.25, 0.3) is 67.2 Å². The Labute approximate surface area is 505 Å². The number of halogens is 3. The van der Waals surface area contributed by atoms with E-state index in [0.717, 1.165) is 28.2 Å². The summed E-state index contributed by atoms with van der Waals surface area (Å²) in [4.78, 5) is 13.9. The van der Waals surface area contributed by atoms with Crippen molar-refractivity contribution in [1.82, 2.24) is 15.0 Å². The quantitative estimate of drug-likeness (QED) is 0.0954. The van der Waals surface area contributed by atoms with Crippen LogP contribution in [0.2, 0.25) is 0 Å². The number of aryl methyl sites for hydroxylation is 9. The maximum absolute atomic E-state index is 10.7. The number of pyridine rings is 3. The molecular weight excluding hydrogens is 1400 g/mol. The number of nitrogens with zero attached hydrogens (tertiary/aromatic N) is 3. The standard InChI is InChI=1S/C20H19N.2C20H18N.2C3H8O.CHF3O3S.2Ir/c3*1-14-6-4-8-17(10-14)19-13-21-20(12-16(19)3)18-9-5-7-15(2)11-18;2*1-3(2)4;2-1(3,4)8(5,6)7;;/h4-13H,1-3H3;2*4-8,10-13H,1-3H3;2*3-4H,1-2H3;(H,5,6,7);;/q;2*-1;;;;;/p-1. The number of rotatable bonds is 6. The van der Waals surface area contributed by atoms with Gasteiger partial charge in [-0.25, -0.2) is 8.42 Å². The Morgan fingerprint density at radius 3 is 0.938 bits per heavy atom. The maximum Gasteiger partial charge on any atom is 0.485 e. The third kappa shape index (κ3) is 24.0. The average molecular weight is 1470 g/mol. The second-order valence-electron chi connectivity index (χ2n) is 19.8. The third-order valence-electron chi connectivity index (χ3n) is 11.4. The molecule has 0 aliphatic heterocycles. The smallest absolute Gasteiger partial charge is 0.485 e. The largest absolute Gasteiger partial charge is 0.741 e. The molecule has 8 nitrogen and oxygen atoms in total. The predicted octanol–water partition coefficient (Wildman–Crippen LogP) is 16.4. The van der Waals surface area contributed by atoms with Crippen molar-refractivity contribution >= 4 is 10.1 Å². The first kappa shape index (κ1) is 70.8. The number of alkyl halides is 3. The van der Waals surface area contributed by atoms with E-state index < -0.39 is 15.6 Å². The molecule has 3 heterocycles. The van der Waals surface area contributed by atoms with Crippen LogP contribution in [0.15, 0.2) is 170 Å². The molecule has 2 N–H and O–H groups in total. The minimum Gasteiger partial charge on any atom is -0.741 e. The topological polar surface area (TPSA) is 136 Å². The number of benzene rings is 6. The van der Waals surface area contributed by atoms with E-state index in [1.807, 2.05) is 30.7 Å². The van der Waals surface area contributed by atoms with Gasteiger partial charge in [0.15, 0.2) is 10.1 Å². The molecule has 9 rings (SSSR count). The zero-order chi connectivity index (χ0) is 58.6. The second-order valence-corrected chi connectivity index (χ2v) is 21.1. The molecule has 0 bridgehead atoms. The van der Waals surface area contributed by atoms with Gasteiger partial charge < -0.3 is 24.7 Å².